The van der Waals surface area contributed by atoms with Gasteiger partial charge in [-0.2, -0.15) is 0 Å². The predicted octanol–water partition coefficient (Wildman–Crippen LogP) is 3.85. The van der Waals surface area contributed by atoms with Crippen LogP contribution in [0.5, 0.6) is 0 Å². The summed E-state index contributed by atoms with van der Waals surface area (Å²) >= 11 is 0. The maximum atomic E-state index is 11.8. The van der Waals surface area contributed by atoms with E-state index in [-0.39, 0.29) is 23.8 Å². The summed E-state index contributed by atoms with van der Waals surface area (Å²) in [6.45, 7) is 0. The SMILES string of the molecule is O=C1OC(=O)C2CCCC(C3CCCC3)CCCC1C2. The maximum absolute atomic E-state index is 11.8. The number of hydrogen-bond acceptors (Lipinski definition) is 3. The van der Waals surface area contributed by atoms with Gasteiger partial charge in [0.05, 0.1) is 11.8 Å². The van der Waals surface area contributed by atoms with E-state index in [1.165, 1.54) is 38.5 Å². The Morgan fingerprint density at radius 3 is 1.60 bits per heavy atom. The molecule has 2 unspecified atom stereocenters. The second kappa shape index (κ2) is 6.28. The summed E-state index contributed by atoms with van der Waals surface area (Å²) in [5.74, 6) is 1.20. The summed E-state index contributed by atoms with van der Waals surface area (Å²) in [6.07, 6.45) is 13.0. The molecule has 2 atom stereocenters. The lowest BCUT2D eigenvalue weighted by molar-refractivity contribution is -0.172. The average molecular weight is 278 g/mol. The van der Waals surface area contributed by atoms with Crippen molar-refractivity contribution in [2.45, 2.75) is 70.6 Å². The van der Waals surface area contributed by atoms with Gasteiger partial charge in [0.2, 0.25) is 0 Å². The Hall–Kier alpha value is -0.860. The van der Waals surface area contributed by atoms with E-state index in [2.05, 4.69) is 0 Å². The van der Waals surface area contributed by atoms with Crippen LogP contribution in [-0.2, 0) is 14.3 Å². The fraction of sp³-hybridized carbons (Fsp3) is 0.882. The molecule has 0 aromatic carbocycles. The first-order valence-electron chi connectivity index (χ1n) is 8.49. The summed E-state index contributed by atoms with van der Waals surface area (Å²) in [4.78, 5) is 23.5. The summed E-state index contributed by atoms with van der Waals surface area (Å²) in [7, 11) is 0. The van der Waals surface area contributed by atoms with Crippen molar-refractivity contribution in [1.82, 2.24) is 0 Å². The Morgan fingerprint density at radius 2 is 1.10 bits per heavy atom. The minimum absolute atomic E-state index is 0.0139. The van der Waals surface area contributed by atoms with E-state index in [1.807, 2.05) is 0 Å². The number of fused-ring (bicyclic) bond motifs is 2. The van der Waals surface area contributed by atoms with Crippen LogP contribution in [0.1, 0.15) is 70.6 Å². The number of carbonyl (C=O) groups excluding carboxylic acids is 2. The first-order chi connectivity index (χ1) is 9.74. The molecule has 0 N–H and O–H groups in total. The minimum atomic E-state index is -0.260. The van der Waals surface area contributed by atoms with E-state index in [0.29, 0.717) is 0 Å². The van der Waals surface area contributed by atoms with Gasteiger partial charge >= 0.3 is 11.9 Å². The third-order valence-corrected chi connectivity index (χ3v) is 5.76. The highest BCUT2D eigenvalue weighted by molar-refractivity contribution is 5.90. The largest absolute Gasteiger partial charge is 0.393 e. The Kier molecular flexibility index (Phi) is 4.42. The summed E-state index contributed by atoms with van der Waals surface area (Å²) in [6, 6.07) is 0. The molecule has 1 saturated heterocycles. The van der Waals surface area contributed by atoms with E-state index in [1.54, 1.807) is 0 Å². The molecule has 3 heteroatoms. The van der Waals surface area contributed by atoms with Crippen LogP contribution >= 0.6 is 0 Å². The van der Waals surface area contributed by atoms with E-state index in [4.69, 9.17) is 4.74 Å². The molecule has 112 valence electrons. The topological polar surface area (TPSA) is 43.4 Å². The van der Waals surface area contributed by atoms with Crippen molar-refractivity contribution in [1.29, 1.82) is 0 Å². The van der Waals surface area contributed by atoms with Crippen LogP contribution in [0.3, 0.4) is 0 Å². The molecule has 1 aliphatic heterocycles. The second-order valence-corrected chi connectivity index (χ2v) is 7.04. The van der Waals surface area contributed by atoms with Crippen LogP contribution in [0.2, 0.25) is 0 Å². The highest BCUT2D eigenvalue weighted by Crippen LogP contribution is 2.39. The smallest absolute Gasteiger partial charge is 0.316 e. The van der Waals surface area contributed by atoms with Crippen LogP contribution in [-0.4, -0.2) is 11.9 Å². The van der Waals surface area contributed by atoms with Gasteiger partial charge in [0.25, 0.3) is 0 Å². The van der Waals surface area contributed by atoms with Crippen LogP contribution in [0.4, 0.5) is 0 Å². The monoisotopic (exact) mass is 278 g/mol. The van der Waals surface area contributed by atoms with Gasteiger partial charge in [0, 0.05) is 0 Å². The predicted molar refractivity (Wildman–Crippen MR) is 75.8 cm³/mol. The molecule has 0 amide bonds. The molecule has 20 heavy (non-hydrogen) atoms. The minimum Gasteiger partial charge on any atom is -0.393 e. The molecule has 3 fully saturated rings. The fourth-order valence-corrected chi connectivity index (χ4v) is 4.57. The maximum Gasteiger partial charge on any atom is 0.316 e. The Bertz CT molecular complexity index is 344. The fourth-order valence-electron chi connectivity index (χ4n) is 4.57. The molecule has 0 radical (unpaired) electrons. The second-order valence-electron chi connectivity index (χ2n) is 7.04. The van der Waals surface area contributed by atoms with Gasteiger partial charge in [-0.1, -0.05) is 51.4 Å². The molecular weight excluding hydrogens is 252 g/mol. The van der Waals surface area contributed by atoms with E-state index in [0.717, 1.165) is 43.9 Å². The molecule has 3 nitrogen and oxygen atoms in total. The van der Waals surface area contributed by atoms with Crippen molar-refractivity contribution >= 4 is 11.9 Å². The number of rotatable bonds is 1. The highest BCUT2D eigenvalue weighted by atomic mass is 16.6. The summed E-state index contributed by atoms with van der Waals surface area (Å²) < 4.78 is 4.93. The van der Waals surface area contributed by atoms with Crippen LogP contribution in [0.15, 0.2) is 0 Å². The van der Waals surface area contributed by atoms with Gasteiger partial charge in [-0.25, -0.2) is 0 Å². The van der Waals surface area contributed by atoms with Crippen molar-refractivity contribution in [3.05, 3.63) is 0 Å². The Labute approximate surface area is 121 Å². The standard InChI is InChI=1S/C17H26O3/c18-16-14-9-3-7-13(12-5-1-2-6-12)8-4-10-15(11-14)17(19)20-16/h12-15H,1-11H2. The third kappa shape index (κ3) is 3.07. The molecule has 2 aliphatic carbocycles. The van der Waals surface area contributed by atoms with E-state index < -0.39 is 0 Å². The first kappa shape index (κ1) is 14.1. The van der Waals surface area contributed by atoms with Crippen LogP contribution in [0, 0.1) is 23.7 Å². The molecule has 2 saturated carbocycles. The van der Waals surface area contributed by atoms with Crippen molar-refractivity contribution in [2.24, 2.45) is 23.7 Å². The van der Waals surface area contributed by atoms with Crippen LogP contribution in [0.25, 0.3) is 0 Å². The van der Waals surface area contributed by atoms with Gasteiger partial charge in [-0.05, 0) is 31.1 Å². The summed E-state index contributed by atoms with van der Waals surface area (Å²) in [5, 5.41) is 0. The lowest BCUT2D eigenvalue weighted by Crippen LogP contribution is -2.35. The molecule has 1 heterocycles. The third-order valence-electron chi connectivity index (χ3n) is 5.76. The zero-order chi connectivity index (χ0) is 13.9. The van der Waals surface area contributed by atoms with E-state index >= 15 is 0 Å². The van der Waals surface area contributed by atoms with Crippen molar-refractivity contribution in [3.63, 3.8) is 0 Å². The van der Waals surface area contributed by atoms with Gasteiger partial charge in [0.1, 0.15) is 0 Å². The van der Waals surface area contributed by atoms with Gasteiger partial charge in [-0.3, -0.25) is 9.59 Å². The Balaban J connectivity index is 1.63. The number of esters is 2. The van der Waals surface area contributed by atoms with Crippen molar-refractivity contribution in [2.75, 3.05) is 0 Å². The highest BCUT2D eigenvalue weighted by Gasteiger charge is 2.37. The number of carbonyl (C=O) groups is 2. The van der Waals surface area contributed by atoms with Gasteiger partial charge < -0.3 is 4.74 Å². The zero-order valence-electron chi connectivity index (χ0n) is 12.3. The average Bonchev–Trinajstić information content (AvgIpc) is 2.96. The number of ether oxygens (including phenoxy) is 1. The molecule has 0 aromatic rings. The number of cyclic esters (lactones) is 2. The Morgan fingerprint density at radius 1 is 0.650 bits per heavy atom. The lowest BCUT2D eigenvalue weighted by atomic mass is 9.77. The molecule has 0 aromatic heterocycles. The molecule has 0 spiro atoms. The number of hydrogen-bond donors (Lipinski definition) is 0. The molecular formula is C17H26O3. The first-order valence-corrected chi connectivity index (χ1v) is 8.49. The molecule has 3 aliphatic rings. The van der Waals surface area contributed by atoms with Crippen molar-refractivity contribution < 1.29 is 14.3 Å². The molecule has 2 bridgehead atoms. The zero-order valence-corrected chi connectivity index (χ0v) is 12.3. The van der Waals surface area contributed by atoms with Crippen molar-refractivity contribution in [3.8, 4) is 0 Å². The molecule has 3 rings (SSSR count). The lowest BCUT2D eigenvalue weighted by Gasteiger charge is -2.30. The quantitative estimate of drug-likeness (QED) is 0.540. The van der Waals surface area contributed by atoms with E-state index in [9.17, 15) is 9.59 Å². The normalized spacial score (nSPS) is 36.7. The van der Waals surface area contributed by atoms with Gasteiger partial charge in [0.15, 0.2) is 0 Å². The van der Waals surface area contributed by atoms with Gasteiger partial charge in [-0.15, -0.1) is 0 Å². The summed E-state index contributed by atoms with van der Waals surface area (Å²) in [5.41, 5.74) is 0. The van der Waals surface area contributed by atoms with Crippen LogP contribution < -0.4 is 0 Å².